The quantitative estimate of drug-likeness (QED) is 0.470. The highest BCUT2D eigenvalue weighted by Gasteiger charge is 2.28. The second-order valence-electron chi connectivity index (χ2n) is 9.19. The number of carbonyl (C=O) groups is 1. The largest absolute Gasteiger partial charge is 0.337 e. The van der Waals surface area contributed by atoms with Gasteiger partial charge in [-0.25, -0.2) is 13.1 Å². The van der Waals surface area contributed by atoms with Gasteiger partial charge in [-0.2, -0.15) is 9.40 Å². The Morgan fingerprint density at radius 1 is 1.06 bits per heavy atom. The van der Waals surface area contributed by atoms with Crippen molar-refractivity contribution >= 4 is 22.0 Å². The second kappa shape index (κ2) is 10.2. The molecule has 3 aromatic rings. The molecule has 0 atom stereocenters. The number of aryl methyl sites for hydroxylation is 1. The Labute approximate surface area is 207 Å². The molecule has 1 fully saturated rings. The Hall–Kier alpha value is -3.17. The Balaban J connectivity index is 1.40. The van der Waals surface area contributed by atoms with Crippen LogP contribution in [-0.4, -0.2) is 64.1 Å². The monoisotopic (exact) mass is 495 g/mol. The first-order valence-corrected chi connectivity index (χ1v) is 13.5. The van der Waals surface area contributed by atoms with Crippen LogP contribution in [0.2, 0.25) is 0 Å². The molecule has 0 radical (unpaired) electrons. The number of piperazine rings is 1. The average Bonchev–Trinajstić information content (AvgIpc) is 3.41. The molecule has 2 aromatic heterocycles. The van der Waals surface area contributed by atoms with Crippen molar-refractivity contribution in [2.75, 3.05) is 26.2 Å². The molecule has 9 heteroatoms. The normalized spacial score (nSPS) is 15.4. The number of nitrogens with zero attached hydrogens (tertiary/aromatic N) is 5. The van der Waals surface area contributed by atoms with Crippen LogP contribution in [0.4, 0.5) is 0 Å². The molecule has 3 heterocycles. The molecule has 0 unspecified atom stereocenters. The van der Waals surface area contributed by atoms with Crippen molar-refractivity contribution in [3.05, 3.63) is 77.3 Å². The van der Waals surface area contributed by atoms with Gasteiger partial charge in [0.1, 0.15) is 5.82 Å². The summed E-state index contributed by atoms with van der Waals surface area (Å²) in [6.07, 6.45) is 5.22. The molecule has 1 aromatic carbocycles. The first-order chi connectivity index (χ1) is 16.7. The van der Waals surface area contributed by atoms with Gasteiger partial charge in [-0.3, -0.25) is 4.79 Å². The lowest BCUT2D eigenvalue weighted by atomic mass is 10.2. The predicted molar refractivity (Wildman–Crippen MR) is 138 cm³/mol. The lowest BCUT2D eigenvalue weighted by Crippen LogP contribution is -2.50. The molecule has 1 aliphatic heterocycles. The summed E-state index contributed by atoms with van der Waals surface area (Å²) in [5.41, 5.74) is 3.83. The molecule has 1 aliphatic rings. The lowest BCUT2D eigenvalue weighted by Gasteiger charge is -2.33. The SMILES string of the molecule is Cc1cc(/C=C/C(=O)N2CCN(S(=O)(=O)Cc3ccccc3)CC2)c(C)n1-c1ccnn1C(C)C. The smallest absolute Gasteiger partial charge is 0.246 e. The van der Waals surface area contributed by atoms with E-state index in [1.807, 2.05) is 61.0 Å². The van der Waals surface area contributed by atoms with Gasteiger partial charge in [-0.15, -0.1) is 0 Å². The number of hydrogen-bond donors (Lipinski definition) is 0. The summed E-state index contributed by atoms with van der Waals surface area (Å²) in [5, 5.41) is 4.44. The highest BCUT2D eigenvalue weighted by Crippen LogP contribution is 2.23. The minimum absolute atomic E-state index is 0.0208. The summed E-state index contributed by atoms with van der Waals surface area (Å²) >= 11 is 0. The summed E-state index contributed by atoms with van der Waals surface area (Å²) in [5.74, 6) is 0.864. The maximum Gasteiger partial charge on any atom is 0.246 e. The third-order valence-electron chi connectivity index (χ3n) is 6.38. The maximum absolute atomic E-state index is 12.8. The topological polar surface area (TPSA) is 80.4 Å². The van der Waals surface area contributed by atoms with Crippen LogP contribution in [0.25, 0.3) is 11.9 Å². The standard InChI is InChI=1S/C26H33N5O3S/c1-20(2)31-25(12-13-27-31)30-21(3)18-24(22(30)4)10-11-26(32)28-14-16-29(17-15-28)35(33,34)19-23-8-6-5-7-9-23/h5-13,18,20H,14-17,19H2,1-4H3/b11-10+. The third kappa shape index (κ3) is 5.41. The van der Waals surface area contributed by atoms with Crippen LogP contribution in [-0.2, 0) is 20.6 Å². The zero-order valence-corrected chi connectivity index (χ0v) is 21.6. The highest BCUT2D eigenvalue weighted by molar-refractivity contribution is 7.88. The number of benzene rings is 1. The van der Waals surface area contributed by atoms with E-state index >= 15 is 0 Å². The number of hydrogen-bond acceptors (Lipinski definition) is 4. The molecule has 0 aliphatic carbocycles. The van der Waals surface area contributed by atoms with Gasteiger partial charge >= 0.3 is 0 Å². The number of carbonyl (C=O) groups excluding carboxylic acids is 1. The Bertz CT molecular complexity index is 1310. The summed E-state index contributed by atoms with van der Waals surface area (Å²) in [4.78, 5) is 14.6. The van der Waals surface area contributed by atoms with Crippen LogP contribution in [0.3, 0.4) is 0 Å². The van der Waals surface area contributed by atoms with Crippen molar-refractivity contribution in [2.45, 2.75) is 39.5 Å². The summed E-state index contributed by atoms with van der Waals surface area (Å²) in [6.45, 7) is 9.64. The van der Waals surface area contributed by atoms with Gasteiger partial charge < -0.3 is 9.47 Å². The van der Waals surface area contributed by atoms with E-state index in [0.29, 0.717) is 26.2 Å². The van der Waals surface area contributed by atoms with Gasteiger partial charge in [0.2, 0.25) is 15.9 Å². The highest BCUT2D eigenvalue weighted by atomic mass is 32.2. The molecule has 186 valence electrons. The van der Waals surface area contributed by atoms with E-state index < -0.39 is 10.0 Å². The Morgan fingerprint density at radius 2 is 1.74 bits per heavy atom. The van der Waals surface area contributed by atoms with Crippen LogP contribution >= 0.6 is 0 Å². The van der Waals surface area contributed by atoms with E-state index in [1.165, 1.54) is 4.31 Å². The van der Waals surface area contributed by atoms with Crippen LogP contribution in [0.5, 0.6) is 0 Å². The van der Waals surface area contributed by atoms with E-state index in [9.17, 15) is 13.2 Å². The first kappa shape index (κ1) is 24.9. The lowest BCUT2D eigenvalue weighted by molar-refractivity contribution is -0.127. The molecule has 0 N–H and O–H groups in total. The molecule has 8 nitrogen and oxygen atoms in total. The zero-order valence-electron chi connectivity index (χ0n) is 20.8. The number of rotatable bonds is 7. The van der Waals surface area contributed by atoms with Gasteiger partial charge in [0.05, 0.1) is 11.9 Å². The zero-order chi connectivity index (χ0) is 25.2. The van der Waals surface area contributed by atoms with Crippen molar-refractivity contribution in [3.63, 3.8) is 0 Å². The van der Waals surface area contributed by atoms with E-state index in [4.69, 9.17) is 0 Å². The number of sulfonamides is 1. The fourth-order valence-electron chi connectivity index (χ4n) is 4.52. The Kier molecular flexibility index (Phi) is 7.28. The van der Waals surface area contributed by atoms with Gasteiger partial charge in [0.15, 0.2) is 0 Å². The number of amides is 1. The molecule has 1 saturated heterocycles. The molecule has 35 heavy (non-hydrogen) atoms. The van der Waals surface area contributed by atoms with Crippen molar-refractivity contribution in [1.82, 2.24) is 23.6 Å². The average molecular weight is 496 g/mol. The van der Waals surface area contributed by atoms with Crippen molar-refractivity contribution in [2.24, 2.45) is 0 Å². The fraction of sp³-hybridized carbons (Fsp3) is 0.385. The van der Waals surface area contributed by atoms with Gasteiger partial charge in [-0.1, -0.05) is 30.3 Å². The molecule has 0 bridgehead atoms. The van der Waals surface area contributed by atoms with E-state index in [0.717, 1.165) is 28.3 Å². The molecule has 0 spiro atoms. The van der Waals surface area contributed by atoms with Crippen molar-refractivity contribution in [3.8, 4) is 5.82 Å². The molecule has 4 rings (SSSR count). The molecule has 1 amide bonds. The van der Waals surface area contributed by atoms with E-state index in [2.05, 4.69) is 29.6 Å². The Morgan fingerprint density at radius 3 is 2.40 bits per heavy atom. The van der Waals surface area contributed by atoms with Crippen LogP contribution in [0, 0.1) is 13.8 Å². The van der Waals surface area contributed by atoms with Crippen molar-refractivity contribution < 1.29 is 13.2 Å². The summed E-state index contributed by atoms with van der Waals surface area (Å²) in [7, 11) is -3.41. The van der Waals surface area contributed by atoms with Crippen LogP contribution in [0.1, 0.15) is 42.4 Å². The van der Waals surface area contributed by atoms with Gasteiger partial charge in [0.25, 0.3) is 0 Å². The van der Waals surface area contributed by atoms with Crippen LogP contribution < -0.4 is 0 Å². The summed E-state index contributed by atoms with van der Waals surface area (Å²) in [6, 6.07) is 13.5. The van der Waals surface area contributed by atoms with E-state index in [1.54, 1.807) is 17.2 Å². The minimum atomic E-state index is -3.41. The molecular weight excluding hydrogens is 462 g/mol. The maximum atomic E-state index is 12.8. The predicted octanol–water partition coefficient (Wildman–Crippen LogP) is 3.56. The molecule has 0 saturated carbocycles. The van der Waals surface area contributed by atoms with Crippen molar-refractivity contribution in [1.29, 1.82) is 0 Å². The minimum Gasteiger partial charge on any atom is -0.337 e. The van der Waals surface area contributed by atoms with Gasteiger partial charge in [0, 0.05) is 55.8 Å². The van der Waals surface area contributed by atoms with E-state index in [-0.39, 0.29) is 17.7 Å². The fourth-order valence-corrected chi connectivity index (χ4v) is 6.04. The first-order valence-electron chi connectivity index (χ1n) is 11.9. The third-order valence-corrected chi connectivity index (χ3v) is 8.23. The second-order valence-corrected chi connectivity index (χ2v) is 11.2. The number of aromatic nitrogens is 3. The van der Waals surface area contributed by atoms with Gasteiger partial charge in [-0.05, 0) is 51.0 Å². The molecular formula is C26H33N5O3S. The van der Waals surface area contributed by atoms with Crippen LogP contribution in [0.15, 0.2) is 54.7 Å². The summed E-state index contributed by atoms with van der Waals surface area (Å²) < 4.78 is 31.2.